The summed E-state index contributed by atoms with van der Waals surface area (Å²) >= 11 is 12.2. The monoisotopic (exact) mass is 391 g/mol. The molecule has 0 saturated heterocycles. The normalized spacial score (nSPS) is 10.6. The van der Waals surface area contributed by atoms with Gasteiger partial charge in [0.05, 0.1) is 17.8 Å². The van der Waals surface area contributed by atoms with Crippen LogP contribution in [-0.4, -0.2) is 18.1 Å². The predicted molar refractivity (Wildman–Crippen MR) is 99.3 cm³/mol. The van der Waals surface area contributed by atoms with Crippen molar-refractivity contribution in [1.29, 1.82) is 0 Å². The van der Waals surface area contributed by atoms with Crippen LogP contribution in [0.15, 0.2) is 53.3 Å². The van der Waals surface area contributed by atoms with Crippen LogP contribution in [0.5, 0.6) is 0 Å². The Labute approximate surface area is 158 Å². The summed E-state index contributed by atoms with van der Waals surface area (Å²) in [6.45, 7) is 0. The highest BCUT2D eigenvalue weighted by atomic mass is 35.5. The largest absolute Gasteiger partial charge is 0.465 e. The molecule has 3 rings (SSSR count). The van der Waals surface area contributed by atoms with E-state index in [-0.39, 0.29) is 5.56 Å². The van der Waals surface area contributed by atoms with Crippen LogP contribution in [0.2, 0.25) is 10.0 Å². The maximum atomic E-state index is 13.3. The number of methoxy groups -OCH3 is 1. The second kappa shape index (κ2) is 7.32. The third-order valence-corrected chi connectivity index (χ3v) is 4.35. The average Bonchev–Trinajstić information content (AvgIpc) is 2.62. The highest BCUT2D eigenvalue weighted by Crippen LogP contribution is 2.35. The highest BCUT2D eigenvalue weighted by Gasteiger charge is 2.19. The lowest BCUT2D eigenvalue weighted by atomic mass is 9.97. The molecule has 26 heavy (non-hydrogen) atoms. The molecule has 0 bridgehead atoms. The van der Waals surface area contributed by atoms with Crippen molar-refractivity contribution in [3.63, 3.8) is 0 Å². The molecule has 0 saturated carbocycles. The van der Waals surface area contributed by atoms with Gasteiger partial charge in [-0.05, 0) is 42.0 Å². The number of esters is 1. The van der Waals surface area contributed by atoms with Gasteiger partial charge in [-0.25, -0.2) is 9.18 Å². The van der Waals surface area contributed by atoms with E-state index in [1.165, 1.54) is 37.4 Å². The number of halogens is 3. The van der Waals surface area contributed by atoms with Gasteiger partial charge in [-0.3, -0.25) is 4.79 Å². The summed E-state index contributed by atoms with van der Waals surface area (Å²) in [4.78, 5) is 26.9. The maximum absolute atomic E-state index is 13.3. The molecule has 0 radical (unpaired) electrons. The maximum Gasteiger partial charge on any atom is 0.343 e. The molecule has 2 aromatic carbocycles. The van der Waals surface area contributed by atoms with E-state index in [0.717, 1.165) is 0 Å². The molecular weight excluding hydrogens is 380 g/mol. The van der Waals surface area contributed by atoms with E-state index >= 15 is 0 Å². The van der Waals surface area contributed by atoms with Gasteiger partial charge in [0.2, 0.25) is 0 Å². The number of benzene rings is 2. The van der Waals surface area contributed by atoms with Crippen LogP contribution in [0.4, 0.5) is 4.39 Å². The number of aromatic nitrogens is 1. The first-order valence-electron chi connectivity index (χ1n) is 7.47. The highest BCUT2D eigenvalue weighted by molar-refractivity contribution is 6.36. The summed E-state index contributed by atoms with van der Waals surface area (Å²) in [6.07, 6.45) is 0. The van der Waals surface area contributed by atoms with Crippen LogP contribution in [0.25, 0.3) is 22.4 Å². The summed E-state index contributed by atoms with van der Waals surface area (Å²) in [5.74, 6) is -1.18. The van der Waals surface area contributed by atoms with E-state index in [0.29, 0.717) is 32.4 Å². The van der Waals surface area contributed by atoms with E-state index in [2.05, 4.69) is 9.72 Å². The number of ether oxygens (including phenoxy) is 1. The zero-order valence-corrected chi connectivity index (χ0v) is 15.0. The number of carbonyl (C=O) groups is 1. The topological polar surface area (TPSA) is 59.2 Å². The summed E-state index contributed by atoms with van der Waals surface area (Å²) < 4.78 is 17.9. The number of rotatable bonds is 3. The summed E-state index contributed by atoms with van der Waals surface area (Å²) in [7, 11) is 1.18. The van der Waals surface area contributed by atoms with Crippen molar-refractivity contribution < 1.29 is 13.9 Å². The Bertz CT molecular complexity index is 1050. The van der Waals surface area contributed by atoms with Crippen LogP contribution in [-0.2, 0) is 4.74 Å². The van der Waals surface area contributed by atoms with Crippen molar-refractivity contribution >= 4 is 29.2 Å². The average molecular weight is 392 g/mol. The Hall–Kier alpha value is -2.63. The van der Waals surface area contributed by atoms with Gasteiger partial charge < -0.3 is 9.72 Å². The third kappa shape index (κ3) is 3.49. The molecule has 0 aliphatic carbocycles. The van der Waals surface area contributed by atoms with Crippen molar-refractivity contribution in [3.05, 3.63) is 80.3 Å². The predicted octanol–water partition coefficient (Wildman–Crippen LogP) is 4.94. The van der Waals surface area contributed by atoms with Gasteiger partial charge in [0, 0.05) is 16.1 Å². The molecule has 1 N–H and O–H groups in total. The molecule has 0 fully saturated rings. The molecular formula is C19H12Cl2FNO3. The van der Waals surface area contributed by atoms with Crippen LogP contribution in [0.1, 0.15) is 10.4 Å². The molecule has 0 amide bonds. The zero-order chi connectivity index (χ0) is 18.8. The molecule has 0 atom stereocenters. The molecule has 3 aromatic rings. The minimum absolute atomic E-state index is 0.166. The van der Waals surface area contributed by atoms with Crippen molar-refractivity contribution in [3.8, 4) is 22.4 Å². The van der Waals surface area contributed by atoms with Gasteiger partial charge in [-0.2, -0.15) is 0 Å². The van der Waals surface area contributed by atoms with E-state index in [1.807, 2.05) is 0 Å². The van der Waals surface area contributed by atoms with Crippen molar-refractivity contribution in [1.82, 2.24) is 4.98 Å². The Morgan fingerprint density at radius 2 is 1.73 bits per heavy atom. The fourth-order valence-electron chi connectivity index (χ4n) is 2.55. The van der Waals surface area contributed by atoms with Crippen molar-refractivity contribution in [2.45, 2.75) is 0 Å². The lowest BCUT2D eigenvalue weighted by molar-refractivity contribution is 0.0599. The Balaban J connectivity index is 2.32. The minimum Gasteiger partial charge on any atom is -0.465 e. The lowest BCUT2D eigenvalue weighted by Crippen LogP contribution is -2.20. The Kier molecular flexibility index (Phi) is 5.11. The van der Waals surface area contributed by atoms with Crippen LogP contribution in [0, 0.1) is 5.82 Å². The van der Waals surface area contributed by atoms with Gasteiger partial charge in [0.25, 0.3) is 5.56 Å². The van der Waals surface area contributed by atoms with Crippen molar-refractivity contribution in [2.24, 2.45) is 0 Å². The Morgan fingerprint density at radius 3 is 2.35 bits per heavy atom. The van der Waals surface area contributed by atoms with E-state index in [4.69, 9.17) is 23.2 Å². The quantitative estimate of drug-likeness (QED) is 0.643. The molecule has 0 aliphatic heterocycles. The number of nitrogens with one attached hydrogen (secondary N) is 1. The standard InChI is InChI=1S/C19H12Cl2FNO3/c1-26-19(25)15-9-14(10-2-5-12(22)6-3-10)17(23-18(15)24)13-7-4-11(20)8-16(13)21/h2-9H,1H3,(H,23,24). The number of pyridine rings is 1. The number of hydrogen-bond donors (Lipinski definition) is 1. The zero-order valence-electron chi connectivity index (χ0n) is 13.5. The van der Waals surface area contributed by atoms with Gasteiger partial charge in [-0.1, -0.05) is 35.3 Å². The first kappa shape index (κ1) is 18.2. The van der Waals surface area contributed by atoms with Gasteiger partial charge in [0.15, 0.2) is 0 Å². The molecule has 4 nitrogen and oxygen atoms in total. The summed E-state index contributed by atoms with van der Waals surface area (Å²) in [5.41, 5.74) is 1.20. The Morgan fingerprint density at radius 1 is 1.04 bits per heavy atom. The lowest BCUT2D eigenvalue weighted by Gasteiger charge is -2.13. The molecule has 132 valence electrons. The second-order valence-corrected chi connectivity index (χ2v) is 6.27. The van der Waals surface area contributed by atoms with Crippen LogP contribution < -0.4 is 5.56 Å². The molecule has 1 heterocycles. The molecule has 7 heteroatoms. The summed E-state index contributed by atoms with van der Waals surface area (Å²) in [6, 6.07) is 11.9. The van der Waals surface area contributed by atoms with Crippen LogP contribution in [0.3, 0.4) is 0 Å². The first-order valence-corrected chi connectivity index (χ1v) is 8.23. The minimum atomic E-state index is -0.775. The van der Waals surface area contributed by atoms with E-state index in [9.17, 15) is 14.0 Å². The van der Waals surface area contributed by atoms with Gasteiger partial charge in [0.1, 0.15) is 11.4 Å². The van der Waals surface area contributed by atoms with E-state index < -0.39 is 17.3 Å². The fourth-order valence-corrected chi connectivity index (χ4v) is 3.06. The molecule has 1 aromatic heterocycles. The van der Waals surface area contributed by atoms with Gasteiger partial charge in [-0.15, -0.1) is 0 Å². The second-order valence-electron chi connectivity index (χ2n) is 5.42. The fraction of sp³-hybridized carbons (Fsp3) is 0.0526. The molecule has 0 aliphatic rings. The number of aromatic amines is 1. The summed E-state index contributed by atoms with van der Waals surface area (Å²) in [5, 5.41) is 0.762. The number of H-pyrrole nitrogens is 1. The van der Waals surface area contributed by atoms with Crippen molar-refractivity contribution in [2.75, 3.05) is 7.11 Å². The third-order valence-electron chi connectivity index (χ3n) is 3.80. The van der Waals surface area contributed by atoms with Gasteiger partial charge >= 0.3 is 5.97 Å². The number of hydrogen-bond acceptors (Lipinski definition) is 3. The van der Waals surface area contributed by atoms with Crippen LogP contribution >= 0.6 is 23.2 Å². The molecule has 0 unspecified atom stereocenters. The van der Waals surface area contributed by atoms with E-state index in [1.54, 1.807) is 18.2 Å². The first-order chi connectivity index (χ1) is 12.4. The SMILES string of the molecule is COC(=O)c1cc(-c2ccc(F)cc2)c(-c2ccc(Cl)cc2Cl)[nH]c1=O. The smallest absolute Gasteiger partial charge is 0.343 e. The number of carbonyl (C=O) groups excluding carboxylic acids is 1. The molecule has 0 spiro atoms.